The molecule has 0 bridgehead atoms. The number of carbonyl (C=O) groups excluding carboxylic acids is 4. The molecule has 0 radical (unpaired) electrons. The molecule has 0 aromatic heterocycles. The van der Waals surface area contributed by atoms with Crippen molar-refractivity contribution in [3.05, 3.63) is 0 Å². The van der Waals surface area contributed by atoms with Gasteiger partial charge in [0, 0.05) is 25.7 Å². The largest absolute Gasteiger partial charge is 0.472 e. The molecule has 0 fully saturated rings. The minimum absolute atomic E-state index is 0.105. The van der Waals surface area contributed by atoms with E-state index in [2.05, 4.69) is 34.6 Å². The third-order valence-corrected chi connectivity index (χ3v) is 15.2. The molecule has 5 atom stereocenters. The van der Waals surface area contributed by atoms with Gasteiger partial charge in [-0.25, -0.2) is 9.13 Å². The quantitative estimate of drug-likeness (QED) is 0.0222. The fourth-order valence-electron chi connectivity index (χ4n) is 8.52. The molecule has 77 heavy (non-hydrogen) atoms. The van der Waals surface area contributed by atoms with Crippen molar-refractivity contribution >= 4 is 39.5 Å². The van der Waals surface area contributed by atoms with Gasteiger partial charge in [0.15, 0.2) is 12.2 Å². The van der Waals surface area contributed by atoms with Crippen LogP contribution in [-0.4, -0.2) is 96.7 Å². The predicted molar refractivity (Wildman–Crippen MR) is 303 cm³/mol. The monoisotopic (exact) mass is 1140 g/mol. The van der Waals surface area contributed by atoms with Gasteiger partial charge in [-0.1, -0.05) is 234 Å². The van der Waals surface area contributed by atoms with Gasteiger partial charge in [0.1, 0.15) is 19.3 Å². The van der Waals surface area contributed by atoms with Crippen LogP contribution in [0.25, 0.3) is 0 Å². The van der Waals surface area contributed by atoms with Crippen molar-refractivity contribution in [2.75, 3.05) is 39.6 Å². The number of phosphoric ester groups is 2. The van der Waals surface area contributed by atoms with Crippen molar-refractivity contribution in [3.63, 3.8) is 0 Å². The van der Waals surface area contributed by atoms with Crippen molar-refractivity contribution in [1.82, 2.24) is 0 Å². The van der Waals surface area contributed by atoms with Crippen molar-refractivity contribution in [2.45, 2.75) is 303 Å². The molecule has 0 aliphatic heterocycles. The SMILES string of the molecule is CCCCCCCCCCCCC(=O)OC[C@H](COP(=O)(O)OC[C@@H](O)COP(=O)(O)OC[C@@H](COC(=O)CCCCCCCCC)OC(=O)CCCCCCCCCCC)OC(=O)CCCCCCCCCCC(C)C. The highest BCUT2D eigenvalue weighted by Gasteiger charge is 2.30. The van der Waals surface area contributed by atoms with Crippen molar-refractivity contribution in [2.24, 2.45) is 5.92 Å². The van der Waals surface area contributed by atoms with Crippen LogP contribution < -0.4 is 0 Å². The summed E-state index contributed by atoms with van der Waals surface area (Å²) in [6.07, 6.45) is 33.6. The van der Waals surface area contributed by atoms with Gasteiger partial charge < -0.3 is 33.8 Å². The molecule has 0 saturated heterocycles. The van der Waals surface area contributed by atoms with Crippen LogP contribution >= 0.6 is 15.6 Å². The minimum atomic E-state index is -4.94. The lowest BCUT2D eigenvalue weighted by molar-refractivity contribution is -0.161. The summed E-state index contributed by atoms with van der Waals surface area (Å²) in [6.45, 7) is 7.04. The van der Waals surface area contributed by atoms with E-state index in [4.69, 9.17) is 37.0 Å². The van der Waals surface area contributed by atoms with E-state index in [9.17, 15) is 43.2 Å². The molecule has 0 rings (SSSR count). The standard InChI is InChI=1S/C58H112O17P2/c1-6-9-12-15-18-20-22-27-32-37-42-56(61)69-48-54(75-58(63)44-39-34-29-24-23-26-30-35-40-51(4)5)50-73-77(66,67)71-46-52(59)45-70-76(64,65)72-49-53(47-68-55(60)41-36-31-25-17-14-11-8-3)74-57(62)43-38-33-28-21-19-16-13-10-7-2/h51-54,59H,6-50H2,1-5H3,(H,64,65)(H,66,67)/t52-,53+,54+/m0/s1. The Labute approximate surface area is 467 Å². The fourth-order valence-corrected chi connectivity index (χ4v) is 10.1. The Balaban J connectivity index is 5.21. The third-order valence-electron chi connectivity index (χ3n) is 13.3. The van der Waals surface area contributed by atoms with Gasteiger partial charge in [0.05, 0.1) is 26.4 Å². The summed E-state index contributed by atoms with van der Waals surface area (Å²) >= 11 is 0. The van der Waals surface area contributed by atoms with Gasteiger partial charge in [0.25, 0.3) is 0 Å². The number of rotatable bonds is 58. The highest BCUT2D eigenvalue weighted by atomic mass is 31.2. The number of aliphatic hydroxyl groups is 1. The van der Waals surface area contributed by atoms with E-state index in [1.165, 1.54) is 96.3 Å². The van der Waals surface area contributed by atoms with E-state index in [0.717, 1.165) is 109 Å². The van der Waals surface area contributed by atoms with E-state index in [-0.39, 0.29) is 25.7 Å². The minimum Gasteiger partial charge on any atom is -0.462 e. The maximum atomic E-state index is 12.9. The molecule has 19 heteroatoms. The topological polar surface area (TPSA) is 237 Å². The molecule has 3 N–H and O–H groups in total. The Morgan fingerprint density at radius 2 is 0.597 bits per heavy atom. The summed E-state index contributed by atoms with van der Waals surface area (Å²) in [7, 11) is -9.87. The van der Waals surface area contributed by atoms with Crippen molar-refractivity contribution in [3.8, 4) is 0 Å². The number of hydrogen-bond donors (Lipinski definition) is 3. The van der Waals surface area contributed by atoms with Crippen LogP contribution in [-0.2, 0) is 65.4 Å². The first-order valence-corrected chi connectivity index (χ1v) is 33.6. The molecule has 0 aromatic rings. The molecule has 0 aromatic carbocycles. The average molecular weight is 1140 g/mol. The summed E-state index contributed by atoms with van der Waals surface area (Å²) in [6, 6.07) is 0. The first-order chi connectivity index (χ1) is 37.0. The van der Waals surface area contributed by atoms with E-state index in [1.807, 2.05) is 0 Å². The van der Waals surface area contributed by atoms with Gasteiger partial charge in [-0.2, -0.15) is 0 Å². The summed E-state index contributed by atoms with van der Waals surface area (Å²) in [4.78, 5) is 71.7. The van der Waals surface area contributed by atoms with Crippen LogP contribution in [0.5, 0.6) is 0 Å². The maximum absolute atomic E-state index is 12.9. The molecular formula is C58H112O17P2. The van der Waals surface area contributed by atoms with Crippen molar-refractivity contribution < 1.29 is 80.2 Å². The van der Waals surface area contributed by atoms with Gasteiger partial charge in [-0.05, 0) is 31.6 Å². The summed E-state index contributed by atoms with van der Waals surface area (Å²) < 4.78 is 67.6. The van der Waals surface area contributed by atoms with Gasteiger partial charge >= 0.3 is 39.5 Å². The highest BCUT2D eigenvalue weighted by Crippen LogP contribution is 2.45. The van der Waals surface area contributed by atoms with E-state index >= 15 is 0 Å². The fraction of sp³-hybridized carbons (Fsp3) is 0.931. The van der Waals surface area contributed by atoms with Crippen LogP contribution in [0, 0.1) is 5.92 Å². The number of unbranched alkanes of at least 4 members (excludes halogenated alkanes) is 30. The average Bonchev–Trinajstić information content (AvgIpc) is 3.39. The summed E-state index contributed by atoms with van der Waals surface area (Å²) in [5.41, 5.74) is 0. The summed E-state index contributed by atoms with van der Waals surface area (Å²) in [5.74, 6) is -1.43. The lowest BCUT2D eigenvalue weighted by Crippen LogP contribution is -2.30. The van der Waals surface area contributed by atoms with Crippen molar-refractivity contribution in [1.29, 1.82) is 0 Å². The zero-order chi connectivity index (χ0) is 57.1. The molecule has 0 aliphatic carbocycles. The molecule has 0 amide bonds. The van der Waals surface area contributed by atoms with Crippen LogP contribution in [0.4, 0.5) is 0 Å². The van der Waals surface area contributed by atoms with E-state index < -0.39 is 97.5 Å². The first-order valence-electron chi connectivity index (χ1n) is 30.6. The number of carbonyl (C=O) groups is 4. The Bertz CT molecular complexity index is 1520. The Hall–Kier alpha value is -1.94. The third kappa shape index (κ3) is 53.2. The number of ether oxygens (including phenoxy) is 4. The molecular weight excluding hydrogens is 1030 g/mol. The van der Waals surface area contributed by atoms with Crippen LogP contribution in [0.2, 0.25) is 0 Å². The second-order valence-corrected chi connectivity index (χ2v) is 24.4. The number of aliphatic hydroxyl groups excluding tert-OH is 1. The zero-order valence-corrected chi connectivity index (χ0v) is 50.9. The van der Waals surface area contributed by atoms with E-state index in [1.54, 1.807) is 0 Å². The second-order valence-electron chi connectivity index (χ2n) is 21.5. The van der Waals surface area contributed by atoms with E-state index in [0.29, 0.717) is 25.7 Å². The Morgan fingerprint density at radius 3 is 0.883 bits per heavy atom. The maximum Gasteiger partial charge on any atom is 0.472 e. The Morgan fingerprint density at radius 1 is 0.351 bits per heavy atom. The lowest BCUT2D eigenvalue weighted by Gasteiger charge is -2.21. The summed E-state index contributed by atoms with van der Waals surface area (Å²) in [5, 5.41) is 10.5. The Kier molecular flexibility index (Phi) is 50.8. The molecule has 17 nitrogen and oxygen atoms in total. The normalized spacial score (nSPS) is 14.4. The second kappa shape index (κ2) is 52.2. The van der Waals surface area contributed by atoms with Crippen LogP contribution in [0.15, 0.2) is 0 Å². The van der Waals surface area contributed by atoms with Crippen LogP contribution in [0.3, 0.4) is 0 Å². The van der Waals surface area contributed by atoms with Gasteiger partial charge in [-0.15, -0.1) is 0 Å². The molecule has 0 saturated carbocycles. The van der Waals surface area contributed by atoms with Gasteiger partial charge in [0.2, 0.25) is 0 Å². The van der Waals surface area contributed by atoms with Crippen LogP contribution in [0.1, 0.15) is 285 Å². The first kappa shape index (κ1) is 75.1. The molecule has 0 heterocycles. The lowest BCUT2D eigenvalue weighted by atomic mass is 10.0. The van der Waals surface area contributed by atoms with Gasteiger partial charge in [-0.3, -0.25) is 37.3 Å². The number of hydrogen-bond acceptors (Lipinski definition) is 15. The molecule has 2 unspecified atom stereocenters. The predicted octanol–water partition coefficient (Wildman–Crippen LogP) is 15.5. The zero-order valence-electron chi connectivity index (χ0n) is 49.1. The molecule has 0 spiro atoms. The molecule has 0 aliphatic rings. The number of phosphoric acid groups is 2. The highest BCUT2D eigenvalue weighted by molar-refractivity contribution is 7.47. The smallest absolute Gasteiger partial charge is 0.462 e. The molecule has 456 valence electrons. The number of esters is 4.